The van der Waals surface area contributed by atoms with E-state index in [1.807, 2.05) is 30.3 Å². The number of hydrogen-bond donors (Lipinski definition) is 2. The van der Waals surface area contributed by atoms with Crippen molar-refractivity contribution in [3.63, 3.8) is 0 Å². The number of nitrogens with one attached hydrogen (secondary N) is 2. The smallest absolute Gasteiger partial charge is 0.251 e. The highest BCUT2D eigenvalue weighted by atomic mass is 32.2. The predicted octanol–water partition coefficient (Wildman–Crippen LogP) is 2.71. The Hall–Kier alpha value is -2.47. The van der Waals surface area contributed by atoms with Gasteiger partial charge in [-0.1, -0.05) is 12.1 Å². The lowest BCUT2D eigenvalue weighted by Crippen LogP contribution is -2.26. The Bertz CT molecular complexity index is 777. The molecule has 0 aliphatic carbocycles. The van der Waals surface area contributed by atoms with Gasteiger partial charge in [0.25, 0.3) is 5.91 Å². The average Bonchev–Trinajstić information content (AvgIpc) is 2.61. The van der Waals surface area contributed by atoms with E-state index in [0.29, 0.717) is 23.5 Å². The molecule has 0 unspecified atom stereocenters. The number of rotatable bonds is 5. The first kappa shape index (κ1) is 16.4. The van der Waals surface area contributed by atoms with Gasteiger partial charge in [0.1, 0.15) is 5.75 Å². The van der Waals surface area contributed by atoms with Crippen molar-refractivity contribution < 1.29 is 14.3 Å². The third-order valence-electron chi connectivity index (χ3n) is 3.71. The molecule has 3 rings (SSSR count). The van der Waals surface area contributed by atoms with Crippen LogP contribution in [-0.2, 0) is 11.2 Å². The van der Waals surface area contributed by atoms with Crippen LogP contribution in [0.3, 0.4) is 0 Å². The van der Waals surface area contributed by atoms with Gasteiger partial charge >= 0.3 is 0 Å². The Balaban J connectivity index is 1.59. The number of carbonyl (C=O) groups excluding carboxylic acids is 2. The molecular weight excluding hydrogens is 324 g/mol. The van der Waals surface area contributed by atoms with Crippen LogP contribution in [0.4, 0.5) is 5.69 Å². The molecule has 2 N–H and O–H groups in total. The molecule has 0 saturated heterocycles. The second kappa shape index (κ2) is 7.40. The maximum absolute atomic E-state index is 12.3. The minimum atomic E-state index is -0.148. The average molecular weight is 342 g/mol. The molecule has 6 heteroatoms. The van der Waals surface area contributed by atoms with Crippen molar-refractivity contribution in [2.24, 2.45) is 0 Å². The highest BCUT2D eigenvalue weighted by molar-refractivity contribution is 8.00. The van der Waals surface area contributed by atoms with Crippen molar-refractivity contribution in [2.75, 3.05) is 24.7 Å². The number of thioether (sulfide) groups is 1. The van der Waals surface area contributed by atoms with E-state index < -0.39 is 0 Å². The number of amides is 2. The van der Waals surface area contributed by atoms with Crippen LogP contribution >= 0.6 is 11.8 Å². The molecule has 5 nitrogen and oxygen atoms in total. The normalized spacial score (nSPS) is 13.0. The molecule has 2 aromatic carbocycles. The minimum absolute atomic E-state index is 0.0388. The van der Waals surface area contributed by atoms with Crippen molar-refractivity contribution in [3.05, 3.63) is 53.6 Å². The second-order valence-electron chi connectivity index (χ2n) is 5.41. The molecular formula is C18H18N2O3S. The molecule has 1 heterocycles. The van der Waals surface area contributed by atoms with Gasteiger partial charge in [0.15, 0.2) is 0 Å². The summed E-state index contributed by atoms with van der Waals surface area (Å²) in [6, 6.07) is 13.2. The first-order chi connectivity index (χ1) is 11.7. The van der Waals surface area contributed by atoms with E-state index in [-0.39, 0.29) is 11.8 Å². The number of hydrogen-bond acceptors (Lipinski definition) is 4. The van der Waals surface area contributed by atoms with E-state index in [1.165, 1.54) is 11.8 Å². The first-order valence-electron chi connectivity index (χ1n) is 7.63. The summed E-state index contributed by atoms with van der Waals surface area (Å²) in [5, 5.41) is 5.70. The fraction of sp³-hybridized carbons (Fsp3) is 0.222. The molecule has 0 saturated carbocycles. The van der Waals surface area contributed by atoms with Crippen molar-refractivity contribution in [1.29, 1.82) is 0 Å². The number of methoxy groups -OCH3 is 1. The zero-order chi connectivity index (χ0) is 16.9. The molecule has 2 amide bonds. The summed E-state index contributed by atoms with van der Waals surface area (Å²) in [7, 11) is 1.63. The minimum Gasteiger partial charge on any atom is -0.497 e. The lowest BCUT2D eigenvalue weighted by Gasteiger charge is -2.17. The van der Waals surface area contributed by atoms with Gasteiger partial charge in [0.05, 0.1) is 18.6 Å². The van der Waals surface area contributed by atoms with Gasteiger partial charge in [-0.25, -0.2) is 0 Å². The Morgan fingerprint density at radius 3 is 3.00 bits per heavy atom. The van der Waals surface area contributed by atoms with Crippen LogP contribution in [0.5, 0.6) is 5.75 Å². The standard InChI is InChI=1S/C18H18N2O3S/c1-23-14-4-2-3-12(9-14)7-8-19-18(22)13-5-6-16-15(10-13)20-17(21)11-24-16/h2-6,9-10H,7-8,11H2,1H3,(H,19,22)(H,20,21). The van der Waals surface area contributed by atoms with E-state index in [9.17, 15) is 9.59 Å². The summed E-state index contributed by atoms with van der Waals surface area (Å²) < 4.78 is 5.19. The summed E-state index contributed by atoms with van der Waals surface area (Å²) in [6.45, 7) is 0.532. The van der Waals surface area contributed by atoms with Crippen molar-refractivity contribution in [2.45, 2.75) is 11.3 Å². The number of anilines is 1. The Labute approximate surface area is 144 Å². The van der Waals surface area contributed by atoms with E-state index in [2.05, 4.69) is 10.6 Å². The zero-order valence-corrected chi connectivity index (χ0v) is 14.1. The number of ether oxygens (including phenoxy) is 1. The molecule has 0 radical (unpaired) electrons. The SMILES string of the molecule is COc1cccc(CCNC(=O)c2ccc3c(c2)NC(=O)CS3)c1. The summed E-state index contributed by atoms with van der Waals surface area (Å²) >= 11 is 1.48. The second-order valence-corrected chi connectivity index (χ2v) is 6.42. The van der Waals surface area contributed by atoms with Gasteiger partial charge in [-0.15, -0.1) is 11.8 Å². The van der Waals surface area contributed by atoms with Crippen LogP contribution < -0.4 is 15.4 Å². The first-order valence-corrected chi connectivity index (χ1v) is 8.62. The number of benzene rings is 2. The molecule has 0 bridgehead atoms. The molecule has 1 aliphatic rings. The van der Waals surface area contributed by atoms with Gasteiger partial charge in [-0.05, 0) is 42.3 Å². The predicted molar refractivity (Wildman–Crippen MR) is 94.8 cm³/mol. The maximum Gasteiger partial charge on any atom is 0.251 e. The summed E-state index contributed by atoms with van der Waals surface area (Å²) in [5.41, 5.74) is 2.35. The lowest BCUT2D eigenvalue weighted by atomic mass is 10.1. The zero-order valence-electron chi connectivity index (χ0n) is 13.3. The van der Waals surface area contributed by atoms with E-state index in [4.69, 9.17) is 4.74 Å². The molecule has 0 aromatic heterocycles. The van der Waals surface area contributed by atoms with Crippen LogP contribution in [-0.4, -0.2) is 31.2 Å². The Morgan fingerprint density at radius 1 is 1.29 bits per heavy atom. The van der Waals surface area contributed by atoms with Gasteiger partial charge < -0.3 is 15.4 Å². The topological polar surface area (TPSA) is 67.4 Å². The van der Waals surface area contributed by atoms with Crippen LogP contribution in [0.25, 0.3) is 0 Å². The molecule has 0 fully saturated rings. The summed E-state index contributed by atoms with van der Waals surface area (Å²) in [4.78, 5) is 24.7. The van der Waals surface area contributed by atoms with Gasteiger partial charge in [0.2, 0.25) is 5.91 Å². The third kappa shape index (κ3) is 3.89. The number of fused-ring (bicyclic) bond motifs is 1. The van der Waals surface area contributed by atoms with Gasteiger partial charge in [-0.3, -0.25) is 9.59 Å². The molecule has 1 aliphatic heterocycles. The lowest BCUT2D eigenvalue weighted by molar-refractivity contribution is -0.113. The summed E-state index contributed by atoms with van der Waals surface area (Å²) in [5.74, 6) is 1.04. The molecule has 2 aromatic rings. The van der Waals surface area contributed by atoms with Gasteiger partial charge in [-0.2, -0.15) is 0 Å². The monoisotopic (exact) mass is 342 g/mol. The van der Waals surface area contributed by atoms with E-state index in [1.54, 1.807) is 19.2 Å². The maximum atomic E-state index is 12.3. The summed E-state index contributed by atoms with van der Waals surface area (Å²) in [6.07, 6.45) is 0.723. The molecule has 24 heavy (non-hydrogen) atoms. The van der Waals surface area contributed by atoms with E-state index in [0.717, 1.165) is 22.6 Å². The van der Waals surface area contributed by atoms with Crippen molar-refractivity contribution in [1.82, 2.24) is 5.32 Å². The third-order valence-corrected chi connectivity index (χ3v) is 4.78. The fourth-order valence-corrected chi connectivity index (χ4v) is 3.26. The Kier molecular flexibility index (Phi) is 5.05. The molecule has 124 valence electrons. The number of carbonyl (C=O) groups is 2. The van der Waals surface area contributed by atoms with Gasteiger partial charge in [0, 0.05) is 17.0 Å². The largest absolute Gasteiger partial charge is 0.497 e. The van der Waals surface area contributed by atoms with Crippen LogP contribution in [0.15, 0.2) is 47.4 Å². The highest BCUT2D eigenvalue weighted by Crippen LogP contribution is 2.31. The van der Waals surface area contributed by atoms with Crippen molar-refractivity contribution >= 4 is 29.3 Å². The van der Waals surface area contributed by atoms with Crippen LogP contribution in [0.1, 0.15) is 15.9 Å². The van der Waals surface area contributed by atoms with Crippen LogP contribution in [0.2, 0.25) is 0 Å². The molecule has 0 spiro atoms. The quantitative estimate of drug-likeness (QED) is 0.877. The van der Waals surface area contributed by atoms with Crippen LogP contribution in [0, 0.1) is 0 Å². The Morgan fingerprint density at radius 2 is 2.17 bits per heavy atom. The van der Waals surface area contributed by atoms with Crippen molar-refractivity contribution in [3.8, 4) is 5.75 Å². The van der Waals surface area contributed by atoms with E-state index >= 15 is 0 Å². The highest BCUT2D eigenvalue weighted by Gasteiger charge is 2.17. The fourth-order valence-electron chi connectivity index (χ4n) is 2.47. The molecule has 0 atom stereocenters.